The predicted octanol–water partition coefficient (Wildman–Crippen LogP) is 6.47. The molecular formula is C23H34O2. The Hall–Kier alpha value is -1.83. The van der Waals surface area contributed by atoms with Crippen molar-refractivity contribution in [3.63, 3.8) is 0 Å². The fraction of sp³-hybridized carbons (Fsp3) is 0.522. The van der Waals surface area contributed by atoms with Gasteiger partial charge in [0.2, 0.25) is 0 Å². The number of allylic oxidation sites excluding steroid dienone is 9. The fourth-order valence-corrected chi connectivity index (χ4v) is 3.17. The van der Waals surface area contributed by atoms with Crippen molar-refractivity contribution in [1.82, 2.24) is 0 Å². The van der Waals surface area contributed by atoms with E-state index in [1.807, 2.05) is 19.1 Å². The average molecular weight is 343 g/mol. The zero-order valence-corrected chi connectivity index (χ0v) is 16.8. The van der Waals surface area contributed by atoms with Crippen molar-refractivity contribution in [2.24, 2.45) is 5.41 Å². The van der Waals surface area contributed by atoms with Crippen molar-refractivity contribution in [3.05, 3.63) is 58.7 Å². The molecule has 25 heavy (non-hydrogen) atoms. The van der Waals surface area contributed by atoms with Crippen LogP contribution in [0.2, 0.25) is 0 Å². The molecule has 0 saturated carbocycles. The van der Waals surface area contributed by atoms with E-state index in [4.69, 9.17) is 4.74 Å². The van der Waals surface area contributed by atoms with E-state index in [1.165, 1.54) is 42.9 Å². The summed E-state index contributed by atoms with van der Waals surface area (Å²) in [6, 6.07) is 0. The van der Waals surface area contributed by atoms with Gasteiger partial charge in [-0.15, -0.1) is 0 Å². The lowest BCUT2D eigenvalue weighted by molar-refractivity contribution is -0.139. The molecule has 0 heterocycles. The summed E-state index contributed by atoms with van der Waals surface area (Å²) in [5, 5.41) is 0. The molecule has 1 aliphatic rings. The normalized spacial score (nSPS) is 19.1. The van der Waals surface area contributed by atoms with Crippen LogP contribution in [0.1, 0.15) is 67.2 Å². The molecule has 0 unspecified atom stereocenters. The number of ether oxygens (including phenoxy) is 1. The van der Waals surface area contributed by atoms with Crippen LogP contribution in [-0.4, -0.2) is 12.6 Å². The molecule has 2 nitrogen and oxygen atoms in total. The third-order valence-electron chi connectivity index (χ3n) is 4.78. The smallest absolute Gasteiger partial charge is 0.302 e. The molecule has 0 amide bonds. The second kappa shape index (κ2) is 10.2. The van der Waals surface area contributed by atoms with Gasteiger partial charge in [0.05, 0.1) is 0 Å². The Bertz CT molecular complexity index is 610. The first-order valence-corrected chi connectivity index (χ1v) is 9.32. The fourth-order valence-electron chi connectivity index (χ4n) is 3.17. The van der Waals surface area contributed by atoms with Crippen LogP contribution in [0.3, 0.4) is 0 Å². The summed E-state index contributed by atoms with van der Waals surface area (Å²) in [7, 11) is 0. The minimum Gasteiger partial charge on any atom is -0.462 e. The van der Waals surface area contributed by atoms with Crippen LogP contribution in [0.15, 0.2) is 58.7 Å². The summed E-state index contributed by atoms with van der Waals surface area (Å²) in [6.45, 7) is 12.9. The summed E-state index contributed by atoms with van der Waals surface area (Å²) in [5.74, 6) is -0.249. The maximum atomic E-state index is 10.7. The van der Waals surface area contributed by atoms with Gasteiger partial charge in [-0.25, -0.2) is 0 Å². The van der Waals surface area contributed by atoms with Gasteiger partial charge in [0.1, 0.15) is 6.61 Å². The third kappa shape index (κ3) is 7.72. The van der Waals surface area contributed by atoms with Crippen LogP contribution >= 0.6 is 0 Å². The van der Waals surface area contributed by atoms with Gasteiger partial charge in [0, 0.05) is 6.92 Å². The number of hydrogen-bond acceptors (Lipinski definition) is 2. The van der Waals surface area contributed by atoms with E-state index in [0.29, 0.717) is 6.61 Å². The number of carbonyl (C=O) groups is 1. The molecule has 2 heteroatoms. The number of rotatable bonds is 7. The molecule has 0 aromatic carbocycles. The lowest BCUT2D eigenvalue weighted by atomic mass is 9.72. The second-order valence-corrected chi connectivity index (χ2v) is 7.47. The lowest BCUT2D eigenvalue weighted by Crippen LogP contribution is -2.19. The van der Waals surface area contributed by atoms with Crippen molar-refractivity contribution in [2.75, 3.05) is 6.61 Å². The van der Waals surface area contributed by atoms with Gasteiger partial charge in [-0.3, -0.25) is 4.79 Å². The molecule has 0 aromatic rings. The van der Waals surface area contributed by atoms with Crippen molar-refractivity contribution >= 4 is 5.97 Å². The average Bonchev–Trinajstić information content (AvgIpc) is 2.51. The Kier molecular flexibility index (Phi) is 8.68. The van der Waals surface area contributed by atoms with Gasteiger partial charge >= 0.3 is 5.97 Å². The van der Waals surface area contributed by atoms with Crippen molar-refractivity contribution in [3.8, 4) is 0 Å². The standard InChI is InChI=1S/C23H34O2/c1-7-21(12-8-10-18(2)15-17-25-20(4)24)13-14-22-19(3)11-9-16-23(22,5)6/h8,10,12-15H,7,9,11,16-17H2,1-6H3/b10-8+,14-13+,18-15+,21-12+. The van der Waals surface area contributed by atoms with Crippen molar-refractivity contribution in [1.29, 1.82) is 0 Å². The summed E-state index contributed by atoms with van der Waals surface area (Å²) in [4.78, 5) is 10.7. The summed E-state index contributed by atoms with van der Waals surface area (Å²) < 4.78 is 4.92. The first kappa shape index (κ1) is 21.2. The monoisotopic (exact) mass is 342 g/mol. The van der Waals surface area contributed by atoms with Crippen LogP contribution in [-0.2, 0) is 9.53 Å². The van der Waals surface area contributed by atoms with Gasteiger partial charge in [-0.05, 0) is 62.2 Å². The highest BCUT2D eigenvalue weighted by atomic mass is 16.5. The molecule has 1 rings (SSSR count). The highest BCUT2D eigenvalue weighted by molar-refractivity contribution is 5.66. The highest BCUT2D eigenvalue weighted by Gasteiger charge is 2.26. The van der Waals surface area contributed by atoms with Crippen LogP contribution in [0.5, 0.6) is 0 Å². The first-order valence-electron chi connectivity index (χ1n) is 9.32. The molecular weight excluding hydrogens is 308 g/mol. The largest absolute Gasteiger partial charge is 0.462 e. The number of hydrogen-bond donors (Lipinski definition) is 0. The third-order valence-corrected chi connectivity index (χ3v) is 4.78. The highest BCUT2D eigenvalue weighted by Crippen LogP contribution is 2.40. The van der Waals surface area contributed by atoms with Gasteiger partial charge in [-0.2, -0.15) is 0 Å². The molecule has 0 aliphatic heterocycles. The molecule has 1 aliphatic carbocycles. The quantitative estimate of drug-likeness (QED) is 0.391. The Morgan fingerprint density at radius 3 is 2.56 bits per heavy atom. The first-order chi connectivity index (χ1) is 11.8. The zero-order valence-electron chi connectivity index (χ0n) is 16.8. The van der Waals surface area contributed by atoms with Gasteiger partial charge < -0.3 is 4.74 Å². The maximum Gasteiger partial charge on any atom is 0.302 e. The zero-order chi connectivity index (χ0) is 18.9. The Balaban J connectivity index is 2.76. The molecule has 0 aromatic heterocycles. The SMILES string of the molecule is CCC(/C=C/C1=C(C)CCCC1(C)C)=C\C=C\C(C)=C\COC(C)=O. The molecule has 0 N–H and O–H groups in total. The summed E-state index contributed by atoms with van der Waals surface area (Å²) >= 11 is 0. The predicted molar refractivity (Wildman–Crippen MR) is 107 cm³/mol. The topological polar surface area (TPSA) is 26.3 Å². The van der Waals surface area contributed by atoms with E-state index >= 15 is 0 Å². The molecule has 0 fully saturated rings. The van der Waals surface area contributed by atoms with Gasteiger partial charge in [0.25, 0.3) is 0 Å². The number of carbonyl (C=O) groups excluding carboxylic acids is 1. The van der Waals surface area contributed by atoms with Crippen LogP contribution < -0.4 is 0 Å². The summed E-state index contributed by atoms with van der Waals surface area (Å²) in [6.07, 6.45) is 17.5. The molecule has 0 radical (unpaired) electrons. The van der Waals surface area contributed by atoms with E-state index in [2.05, 4.69) is 52.0 Å². The Morgan fingerprint density at radius 1 is 1.24 bits per heavy atom. The van der Waals surface area contributed by atoms with Gasteiger partial charge in [-0.1, -0.05) is 62.3 Å². The molecule has 0 saturated heterocycles. The second-order valence-electron chi connectivity index (χ2n) is 7.47. The van der Waals surface area contributed by atoms with Crippen LogP contribution in [0.25, 0.3) is 0 Å². The molecule has 138 valence electrons. The van der Waals surface area contributed by atoms with E-state index in [1.54, 1.807) is 0 Å². The van der Waals surface area contributed by atoms with Crippen molar-refractivity contribution in [2.45, 2.75) is 67.2 Å². The molecule has 0 atom stereocenters. The number of esters is 1. The minimum absolute atomic E-state index is 0.249. The van der Waals surface area contributed by atoms with E-state index in [9.17, 15) is 4.79 Å². The lowest BCUT2D eigenvalue weighted by Gasteiger charge is -2.33. The minimum atomic E-state index is -0.249. The Labute approximate surface area is 154 Å². The maximum absolute atomic E-state index is 10.7. The summed E-state index contributed by atoms with van der Waals surface area (Å²) in [5.41, 5.74) is 5.71. The van der Waals surface area contributed by atoms with E-state index in [0.717, 1.165) is 12.0 Å². The van der Waals surface area contributed by atoms with E-state index < -0.39 is 0 Å². The van der Waals surface area contributed by atoms with Crippen LogP contribution in [0, 0.1) is 5.41 Å². The Morgan fingerprint density at radius 2 is 1.96 bits per heavy atom. The van der Waals surface area contributed by atoms with E-state index in [-0.39, 0.29) is 11.4 Å². The molecule has 0 bridgehead atoms. The van der Waals surface area contributed by atoms with Crippen molar-refractivity contribution < 1.29 is 9.53 Å². The molecule has 0 spiro atoms. The van der Waals surface area contributed by atoms with Crippen LogP contribution in [0.4, 0.5) is 0 Å². The van der Waals surface area contributed by atoms with Gasteiger partial charge in [0.15, 0.2) is 0 Å².